The lowest BCUT2D eigenvalue weighted by atomic mass is 10.1. The topological polar surface area (TPSA) is 87.5 Å². The van der Waals surface area contributed by atoms with Gasteiger partial charge in [-0.25, -0.2) is 19.3 Å². The molecule has 0 atom stereocenters. The molecular weight excluding hydrogens is 320 g/mol. The Morgan fingerprint density at radius 2 is 2.12 bits per heavy atom. The Hall–Kier alpha value is -2.45. The third-order valence-electron chi connectivity index (χ3n) is 4.33. The first-order valence-corrected chi connectivity index (χ1v) is 8.58. The Kier molecular flexibility index (Phi) is 4.14. The van der Waals surface area contributed by atoms with E-state index in [0.717, 1.165) is 43.9 Å². The number of nitrogens with one attached hydrogen (secondary N) is 2. The summed E-state index contributed by atoms with van der Waals surface area (Å²) >= 11 is 0. The van der Waals surface area contributed by atoms with Gasteiger partial charge < -0.3 is 10.1 Å². The first-order valence-electron chi connectivity index (χ1n) is 8.58. The van der Waals surface area contributed by atoms with Crippen LogP contribution in [0.25, 0.3) is 16.7 Å². The van der Waals surface area contributed by atoms with E-state index >= 15 is 0 Å². The monoisotopic (exact) mass is 342 g/mol. The maximum Gasteiger partial charge on any atom is 0.348 e. The summed E-state index contributed by atoms with van der Waals surface area (Å²) in [6, 6.07) is 6.24. The zero-order valence-corrected chi connectivity index (χ0v) is 14.5. The highest BCUT2D eigenvalue weighted by molar-refractivity contribution is 5.83. The molecule has 1 aliphatic rings. The lowest BCUT2D eigenvalue weighted by molar-refractivity contribution is 0.0342. The number of aromatic nitrogens is 4. The van der Waals surface area contributed by atoms with Crippen LogP contribution >= 0.6 is 0 Å². The van der Waals surface area contributed by atoms with Gasteiger partial charge in [-0.1, -0.05) is 6.07 Å². The summed E-state index contributed by atoms with van der Waals surface area (Å²) in [5, 5.41) is 9.91. The fourth-order valence-electron chi connectivity index (χ4n) is 3.18. The molecule has 1 fully saturated rings. The molecule has 1 saturated heterocycles. The predicted octanol–water partition coefficient (Wildman–Crippen LogP) is 1.22. The van der Waals surface area contributed by atoms with Gasteiger partial charge in [0.15, 0.2) is 5.82 Å². The van der Waals surface area contributed by atoms with Gasteiger partial charge in [0.05, 0.1) is 24.2 Å². The van der Waals surface area contributed by atoms with Gasteiger partial charge in [-0.15, -0.1) is 5.10 Å². The van der Waals surface area contributed by atoms with E-state index in [2.05, 4.69) is 26.5 Å². The van der Waals surface area contributed by atoms with Gasteiger partial charge in [-0.2, -0.15) is 0 Å². The summed E-state index contributed by atoms with van der Waals surface area (Å²) < 4.78 is 6.98. The highest BCUT2D eigenvalue weighted by atomic mass is 16.5. The molecule has 0 spiro atoms. The largest absolute Gasteiger partial charge is 0.379 e. The van der Waals surface area contributed by atoms with Gasteiger partial charge in [0.25, 0.3) is 0 Å². The summed E-state index contributed by atoms with van der Waals surface area (Å²) in [6.45, 7) is 8.34. The van der Waals surface area contributed by atoms with Gasteiger partial charge in [0.1, 0.15) is 0 Å². The van der Waals surface area contributed by atoms with Crippen molar-refractivity contribution in [3.63, 3.8) is 0 Å². The van der Waals surface area contributed by atoms with Gasteiger partial charge in [0.2, 0.25) is 5.65 Å². The minimum atomic E-state index is -0.255. The number of rotatable bonds is 4. The second-order valence-electron chi connectivity index (χ2n) is 6.66. The van der Waals surface area contributed by atoms with E-state index in [1.165, 1.54) is 5.56 Å². The predicted molar refractivity (Wildman–Crippen MR) is 96.0 cm³/mol. The normalized spacial score (nSPS) is 16.1. The van der Waals surface area contributed by atoms with Crippen molar-refractivity contribution in [2.24, 2.45) is 0 Å². The van der Waals surface area contributed by atoms with Crippen molar-refractivity contribution < 1.29 is 4.74 Å². The van der Waals surface area contributed by atoms with E-state index in [9.17, 15) is 4.79 Å². The van der Waals surface area contributed by atoms with Crippen LogP contribution in [0.3, 0.4) is 0 Å². The number of morpholine rings is 1. The van der Waals surface area contributed by atoms with E-state index in [1.54, 1.807) is 4.40 Å². The smallest absolute Gasteiger partial charge is 0.348 e. The molecule has 132 valence electrons. The second-order valence-corrected chi connectivity index (χ2v) is 6.66. The van der Waals surface area contributed by atoms with E-state index in [-0.39, 0.29) is 11.7 Å². The summed E-state index contributed by atoms with van der Waals surface area (Å²) in [7, 11) is 0. The third kappa shape index (κ3) is 3.10. The maximum atomic E-state index is 12.2. The van der Waals surface area contributed by atoms with Crippen LogP contribution in [0.4, 0.5) is 5.82 Å². The quantitative estimate of drug-likeness (QED) is 0.741. The van der Waals surface area contributed by atoms with Gasteiger partial charge in [-0.3, -0.25) is 4.90 Å². The molecule has 2 aromatic heterocycles. The molecule has 1 aliphatic heterocycles. The molecule has 1 aromatic carbocycles. The van der Waals surface area contributed by atoms with E-state index in [1.807, 2.05) is 26.0 Å². The second kappa shape index (κ2) is 6.45. The van der Waals surface area contributed by atoms with Crippen molar-refractivity contribution in [1.82, 2.24) is 24.5 Å². The SMILES string of the molecule is CC(C)Nc1nc2cc(CN3CCOCC3)ccc2n2c(=O)[nH]nc12. The zero-order valence-electron chi connectivity index (χ0n) is 14.5. The third-order valence-corrected chi connectivity index (χ3v) is 4.33. The molecule has 0 aliphatic carbocycles. The highest BCUT2D eigenvalue weighted by Gasteiger charge is 2.15. The maximum absolute atomic E-state index is 12.2. The van der Waals surface area contributed by atoms with Crippen LogP contribution in [0, 0.1) is 0 Å². The molecule has 8 nitrogen and oxygen atoms in total. The minimum Gasteiger partial charge on any atom is -0.379 e. The number of aromatic amines is 1. The standard InChI is InChI=1S/C17H22N6O2/c1-11(2)18-15-16-20-21-17(24)23(16)14-4-3-12(9-13(14)19-15)10-22-5-7-25-8-6-22/h3-4,9,11H,5-8,10H2,1-2H3,(H,18,19)(H,21,24). The molecule has 0 unspecified atom stereocenters. The van der Waals surface area contributed by atoms with Crippen LogP contribution in [-0.4, -0.2) is 56.8 Å². The number of benzene rings is 1. The molecular formula is C17H22N6O2. The van der Waals surface area contributed by atoms with Crippen molar-refractivity contribution in [3.05, 3.63) is 34.2 Å². The Morgan fingerprint density at radius 1 is 1.32 bits per heavy atom. The van der Waals surface area contributed by atoms with Crippen molar-refractivity contribution in [2.75, 3.05) is 31.6 Å². The molecule has 2 N–H and O–H groups in total. The molecule has 0 amide bonds. The first kappa shape index (κ1) is 16.0. The Labute approximate surface area is 144 Å². The summed E-state index contributed by atoms with van der Waals surface area (Å²) in [5.41, 5.74) is 2.98. The van der Waals surface area contributed by atoms with Crippen LogP contribution < -0.4 is 11.0 Å². The number of anilines is 1. The van der Waals surface area contributed by atoms with Crippen LogP contribution in [0.5, 0.6) is 0 Å². The van der Waals surface area contributed by atoms with Crippen molar-refractivity contribution in [3.8, 4) is 0 Å². The number of ether oxygens (including phenoxy) is 1. The fourth-order valence-corrected chi connectivity index (χ4v) is 3.18. The van der Waals surface area contributed by atoms with Crippen LogP contribution in [0.15, 0.2) is 23.0 Å². The molecule has 0 bridgehead atoms. The van der Waals surface area contributed by atoms with Gasteiger partial charge >= 0.3 is 5.69 Å². The summed E-state index contributed by atoms with van der Waals surface area (Å²) in [4.78, 5) is 19.3. The van der Waals surface area contributed by atoms with Gasteiger partial charge in [-0.05, 0) is 31.5 Å². The molecule has 0 saturated carbocycles. The van der Waals surface area contributed by atoms with Crippen molar-refractivity contribution in [2.45, 2.75) is 26.4 Å². The molecule has 3 aromatic rings. The molecule has 25 heavy (non-hydrogen) atoms. The van der Waals surface area contributed by atoms with Crippen LogP contribution in [0.2, 0.25) is 0 Å². The Bertz CT molecular complexity index is 955. The molecule has 4 rings (SSSR count). The van der Waals surface area contributed by atoms with E-state index < -0.39 is 0 Å². The average molecular weight is 342 g/mol. The van der Waals surface area contributed by atoms with Crippen molar-refractivity contribution >= 4 is 22.5 Å². The average Bonchev–Trinajstić information content (AvgIpc) is 2.98. The lowest BCUT2D eigenvalue weighted by Gasteiger charge is -2.26. The molecule has 3 heterocycles. The van der Waals surface area contributed by atoms with Crippen molar-refractivity contribution in [1.29, 1.82) is 0 Å². The number of nitrogens with zero attached hydrogens (tertiary/aromatic N) is 4. The lowest BCUT2D eigenvalue weighted by Crippen LogP contribution is -2.35. The number of H-pyrrole nitrogens is 1. The Balaban J connectivity index is 1.79. The van der Waals surface area contributed by atoms with Crippen LogP contribution in [0.1, 0.15) is 19.4 Å². The van der Waals surface area contributed by atoms with Crippen LogP contribution in [-0.2, 0) is 11.3 Å². The summed E-state index contributed by atoms with van der Waals surface area (Å²) in [6.07, 6.45) is 0. The molecule has 8 heteroatoms. The fraction of sp³-hybridized carbons (Fsp3) is 0.471. The summed E-state index contributed by atoms with van der Waals surface area (Å²) in [5.74, 6) is 0.615. The number of fused-ring (bicyclic) bond motifs is 3. The van der Waals surface area contributed by atoms with E-state index in [0.29, 0.717) is 11.5 Å². The van der Waals surface area contributed by atoms with E-state index in [4.69, 9.17) is 9.72 Å². The Morgan fingerprint density at radius 3 is 2.88 bits per heavy atom. The number of hydrogen-bond donors (Lipinski definition) is 2. The zero-order chi connectivity index (χ0) is 17.4. The number of hydrogen-bond acceptors (Lipinski definition) is 6. The molecule has 0 radical (unpaired) electrons. The first-order chi connectivity index (χ1) is 12.1. The minimum absolute atomic E-state index is 0.192. The highest BCUT2D eigenvalue weighted by Crippen LogP contribution is 2.21. The van der Waals surface area contributed by atoms with Gasteiger partial charge in [0, 0.05) is 25.7 Å².